The Morgan fingerprint density at radius 2 is 1.60 bits per heavy atom. The number of hydrogen-bond donors (Lipinski definition) is 2. The predicted octanol–water partition coefficient (Wildman–Crippen LogP) is 0.671. The summed E-state index contributed by atoms with van der Waals surface area (Å²) in [5, 5.41) is 15.8. The molecule has 0 aliphatic rings. The zero-order valence-electron chi connectivity index (χ0n) is 8.65. The molecule has 2 N–H and O–H groups in total. The van der Waals surface area contributed by atoms with Gasteiger partial charge in [0.1, 0.15) is 0 Å². The van der Waals surface area contributed by atoms with Crippen LogP contribution in [0.4, 0.5) is 0 Å². The molecular weight excluding hydrogens is 204 g/mol. The van der Waals surface area contributed by atoms with Crippen LogP contribution in [-0.2, 0) is 19.1 Å². The molecule has 0 aliphatic heterocycles. The highest BCUT2D eigenvalue weighted by atomic mass is 16.5. The number of carboxylic acid groups (broad SMARTS) is 2. The lowest BCUT2D eigenvalue weighted by Crippen LogP contribution is -2.12. The molecule has 6 nitrogen and oxygen atoms in total. The standard InChI is InChI=1S/C6H8O4.C3H6O2/c1-4(2)6(9)10-3-5(7)8;1-2-3(4)5/h1,3H2,2H3,(H,7,8);2H2,1H3,(H,4,5). The normalized spacial score (nSPS) is 8.13. The third-order valence-corrected chi connectivity index (χ3v) is 0.978. The van der Waals surface area contributed by atoms with Crippen LogP contribution < -0.4 is 0 Å². The summed E-state index contributed by atoms with van der Waals surface area (Å²) in [6, 6.07) is 0. The van der Waals surface area contributed by atoms with E-state index in [1.807, 2.05) is 0 Å². The van der Waals surface area contributed by atoms with Gasteiger partial charge in [0.15, 0.2) is 6.61 Å². The zero-order valence-corrected chi connectivity index (χ0v) is 8.65. The van der Waals surface area contributed by atoms with E-state index in [9.17, 15) is 14.4 Å². The fraction of sp³-hybridized carbons (Fsp3) is 0.444. The fourth-order valence-electron chi connectivity index (χ4n) is 0.250. The minimum Gasteiger partial charge on any atom is -0.481 e. The van der Waals surface area contributed by atoms with Crippen LogP contribution in [0.5, 0.6) is 0 Å². The first-order valence-electron chi connectivity index (χ1n) is 4.07. The number of ether oxygens (including phenoxy) is 1. The maximum atomic E-state index is 10.5. The lowest BCUT2D eigenvalue weighted by atomic mass is 10.4. The molecular formula is C9H14O6. The van der Waals surface area contributed by atoms with E-state index < -0.39 is 24.5 Å². The van der Waals surface area contributed by atoms with Crippen LogP contribution in [0.15, 0.2) is 12.2 Å². The molecule has 0 spiro atoms. The van der Waals surface area contributed by atoms with E-state index in [1.54, 1.807) is 6.92 Å². The topological polar surface area (TPSA) is 101 Å². The van der Waals surface area contributed by atoms with Crippen molar-refractivity contribution in [2.45, 2.75) is 20.3 Å². The van der Waals surface area contributed by atoms with Gasteiger partial charge >= 0.3 is 17.9 Å². The Hall–Kier alpha value is -1.85. The Balaban J connectivity index is 0. The molecule has 0 atom stereocenters. The Bertz CT molecular complexity index is 255. The highest BCUT2D eigenvalue weighted by molar-refractivity contribution is 5.88. The van der Waals surface area contributed by atoms with Crippen LogP contribution in [0.1, 0.15) is 20.3 Å². The average Bonchev–Trinajstić information content (AvgIpc) is 2.14. The fourth-order valence-corrected chi connectivity index (χ4v) is 0.250. The molecule has 0 aromatic carbocycles. The Morgan fingerprint density at radius 3 is 1.80 bits per heavy atom. The molecule has 0 aromatic heterocycles. The molecule has 0 fully saturated rings. The molecule has 0 bridgehead atoms. The van der Waals surface area contributed by atoms with E-state index in [1.165, 1.54) is 6.92 Å². The Kier molecular flexibility index (Phi) is 9.09. The van der Waals surface area contributed by atoms with Gasteiger partial charge in [-0.25, -0.2) is 9.59 Å². The summed E-state index contributed by atoms with van der Waals surface area (Å²) in [6.45, 7) is 5.71. The van der Waals surface area contributed by atoms with Crippen molar-refractivity contribution in [1.29, 1.82) is 0 Å². The number of carbonyl (C=O) groups excluding carboxylic acids is 1. The summed E-state index contributed by atoms with van der Waals surface area (Å²) < 4.78 is 4.23. The highest BCUT2D eigenvalue weighted by Crippen LogP contribution is 1.90. The van der Waals surface area contributed by atoms with Gasteiger partial charge in [0.05, 0.1) is 0 Å². The van der Waals surface area contributed by atoms with Gasteiger partial charge in [-0.3, -0.25) is 4.79 Å². The molecule has 0 saturated heterocycles. The maximum Gasteiger partial charge on any atom is 0.341 e. The maximum absolute atomic E-state index is 10.5. The molecule has 6 heteroatoms. The van der Waals surface area contributed by atoms with Gasteiger partial charge in [0, 0.05) is 12.0 Å². The van der Waals surface area contributed by atoms with E-state index in [0.717, 1.165) is 0 Å². The second-order valence-corrected chi connectivity index (χ2v) is 2.50. The summed E-state index contributed by atoms with van der Waals surface area (Å²) in [4.78, 5) is 29.6. The monoisotopic (exact) mass is 218 g/mol. The van der Waals surface area contributed by atoms with Gasteiger partial charge in [0.2, 0.25) is 0 Å². The van der Waals surface area contributed by atoms with Crippen molar-refractivity contribution >= 4 is 17.9 Å². The van der Waals surface area contributed by atoms with Crippen LogP contribution >= 0.6 is 0 Å². The van der Waals surface area contributed by atoms with Crippen molar-refractivity contribution < 1.29 is 29.3 Å². The largest absolute Gasteiger partial charge is 0.481 e. The van der Waals surface area contributed by atoms with E-state index in [2.05, 4.69) is 11.3 Å². The molecule has 0 radical (unpaired) electrons. The Morgan fingerprint density at radius 1 is 1.20 bits per heavy atom. The quantitative estimate of drug-likeness (QED) is 0.531. The number of carbonyl (C=O) groups is 3. The summed E-state index contributed by atoms with van der Waals surface area (Å²) in [5.74, 6) is -2.60. The van der Waals surface area contributed by atoms with Crippen molar-refractivity contribution in [3.8, 4) is 0 Å². The van der Waals surface area contributed by atoms with Gasteiger partial charge in [-0.05, 0) is 6.92 Å². The first kappa shape index (κ1) is 15.6. The highest BCUT2D eigenvalue weighted by Gasteiger charge is 2.04. The lowest BCUT2D eigenvalue weighted by molar-refractivity contribution is -0.152. The van der Waals surface area contributed by atoms with Crippen molar-refractivity contribution in [2.75, 3.05) is 6.61 Å². The zero-order chi connectivity index (χ0) is 12.4. The first-order valence-corrected chi connectivity index (χ1v) is 4.07. The van der Waals surface area contributed by atoms with Crippen LogP contribution in [0.3, 0.4) is 0 Å². The smallest absolute Gasteiger partial charge is 0.341 e. The van der Waals surface area contributed by atoms with E-state index >= 15 is 0 Å². The van der Waals surface area contributed by atoms with Gasteiger partial charge in [0.25, 0.3) is 0 Å². The van der Waals surface area contributed by atoms with Crippen LogP contribution in [0.25, 0.3) is 0 Å². The van der Waals surface area contributed by atoms with Crippen molar-refractivity contribution in [3.63, 3.8) is 0 Å². The van der Waals surface area contributed by atoms with Crippen LogP contribution in [0, 0.1) is 0 Å². The SMILES string of the molecule is C=C(C)C(=O)OCC(=O)O.CCC(=O)O. The van der Waals surface area contributed by atoms with E-state index in [0.29, 0.717) is 0 Å². The minimum absolute atomic E-state index is 0.196. The third kappa shape index (κ3) is 15.0. The first-order chi connectivity index (χ1) is 6.81. The molecule has 0 aliphatic carbocycles. The van der Waals surface area contributed by atoms with Gasteiger partial charge < -0.3 is 14.9 Å². The summed E-state index contributed by atoms with van der Waals surface area (Å²) in [7, 11) is 0. The van der Waals surface area contributed by atoms with Crippen molar-refractivity contribution in [1.82, 2.24) is 0 Å². The van der Waals surface area contributed by atoms with Crippen molar-refractivity contribution in [3.05, 3.63) is 12.2 Å². The molecule has 86 valence electrons. The summed E-state index contributed by atoms with van der Waals surface area (Å²) in [5.41, 5.74) is 0.196. The molecule has 15 heavy (non-hydrogen) atoms. The van der Waals surface area contributed by atoms with Gasteiger partial charge in [-0.2, -0.15) is 0 Å². The Labute approximate surface area is 87.2 Å². The molecule has 0 rings (SSSR count). The molecule has 0 aromatic rings. The van der Waals surface area contributed by atoms with E-state index in [-0.39, 0.29) is 12.0 Å². The number of aliphatic carboxylic acids is 2. The predicted molar refractivity (Wildman–Crippen MR) is 51.3 cm³/mol. The van der Waals surface area contributed by atoms with E-state index in [4.69, 9.17) is 10.2 Å². The second-order valence-electron chi connectivity index (χ2n) is 2.50. The average molecular weight is 218 g/mol. The minimum atomic E-state index is -1.17. The molecule has 0 amide bonds. The lowest BCUT2D eigenvalue weighted by Gasteiger charge is -1.98. The third-order valence-electron chi connectivity index (χ3n) is 0.978. The van der Waals surface area contributed by atoms with Crippen LogP contribution in [0.2, 0.25) is 0 Å². The number of esters is 1. The molecule has 0 saturated carbocycles. The number of carboxylic acids is 2. The summed E-state index contributed by atoms with van der Waals surface area (Å²) in [6.07, 6.45) is 0.222. The van der Waals surface area contributed by atoms with Crippen LogP contribution in [-0.4, -0.2) is 34.7 Å². The summed E-state index contributed by atoms with van der Waals surface area (Å²) >= 11 is 0. The van der Waals surface area contributed by atoms with Gasteiger partial charge in [-0.1, -0.05) is 13.5 Å². The van der Waals surface area contributed by atoms with Crippen molar-refractivity contribution in [2.24, 2.45) is 0 Å². The van der Waals surface area contributed by atoms with Gasteiger partial charge in [-0.15, -0.1) is 0 Å². The number of rotatable bonds is 4. The molecule has 0 unspecified atom stereocenters. The number of hydrogen-bond acceptors (Lipinski definition) is 4. The second kappa shape index (κ2) is 8.74. The molecule has 0 heterocycles.